The van der Waals surface area contributed by atoms with E-state index in [0.29, 0.717) is 44.1 Å². The van der Waals surface area contributed by atoms with Crippen LogP contribution < -0.4 is 0 Å². The maximum absolute atomic E-state index is 12.5. The molecule has 0 aliphatic carbocycles. The van der Waals surface area contributed by atoms with Crippen LogP contribution in [0.25, 0.3) is 0 Å². The number of aliphatic hydroxyl groups is 2. The number of hydrogen-bond acceptors (Lipinski definition) is 7. The minimum atomic E-state index is -0.989. The van der Waals surface area contributed by atoms with Gasteiger partial charge < -0.3 is 15.1 Å². The lowest BCUT2D eigenvalue weighted by molar-refractivity contribution is -0.132. The predicted octanol–water partition coefficient (Wildman–Crippen LogP) is -0.974. The zero-order valence-corrected chi connectivity index (χ0v) is 13.5. The van der Waals surface area contributed by atoms with Gasteiger partial charge in [-0.15, -0.1) is 5.10 Å². The molecule has 2 N–H and O–H groups in total. The van der Waals surface area contributed by atoms with E-state index in [9.17, 15) is 9.90 Å². The Labute approximate surface area is 138 Å². The van der Waals surface area contributed by atoms with Gasteiger partial charge in [0.15, 0.2) is 0 Å². The Hall–Kier alpha value is -2.33. The molecule has 1 amide bonds. The second kappa shape index (κ2) is 7.05. The molecular weight excluding hydrogens is 314 g/mol. The maximum atomic E-state index is 12.5. The smallest absolute Gasteiger partial charge is 0.224 e. The van der Waals surface area contributed by atoms with Crippen LogP contribution in [0.2, 0.25) is 0 Å². The molecule has 3 heterocycles. The van der Waals surface area contributed by atoms with E-state index in [1.165, 1.54) is 0 Å². The summed E-state index contributed by atoms with van der Waals surface area (Å²) < 4.78 is 3.41. The molecule has 24 heavy (non-hydrogen) atoms. The van der Waals surface area contributed by atoms with Crippen LogP contribution in [0.1, 0.15) is 36.2 Å². The number of aryl methyl sites for hydroxylation is 3. The van der Waals surface area contributed by atoms with Gasteiger partial charge in [0.25, 0.3) is 0 Å². The van der Waals surface area contributed by atoms with Crippen LogP contribution in [-0.4, -0.2) is 64.2 Å². The van der Waals surface area contributed by atoms with Gasteiger partial charge in [0.2, 0.25) is 5.91 Å². The van der Waals surface area contributed by atoms with E-state index in [2.05, 4.69) is 20.6 Å². The van der Waals surface area contributed by atoms with Gasteiger partial charge in [0, 0.05) is 19.5 Å². The van der Waals surface area contributed by atoms with Crippen molar-refractivity contribution in [3.63, 3.8) is 0 Å². The van der Waals surface area contributed by atoms with Crippen LogP contribution in [0.3, 0.4) is 0 Å². The molecule has 3 rings (SSSR count). The van der Waals surface area contributed by atoms with Crippen molar-refractivity contribution in [3.8, 4) is 0 Å². The van der Waals surface area contributed by atoms with E-state index >= 15 is 0 Å². The van der Waals surface area contributed by atoms with E-state index in [1.807, 2.05) is 0 Å². The molecule has 0 saturated heterocycles. The van der Waals surface area contributed by atoms with Crippen LogP contribution in [-0.2, 0) is 24.4 Å². The average Bonchev–Trinajstić information content (AvgIpc) is 3.12. The molecule has 1 unspecified atom stereocenters. The number of hydrogen-bond donors (Lipinski definition) is 2. The Morgan fingerprint density at radius 3 is 2.96 bits per heavy atom. The summed E-state index contributed by atoms with van der Waals surface area (Å²) in [6.45, 7) is 3.66. The fourth-order valence-electron chi connectivity index (χ4n) is 2.77. The van der Waals surface area contributed by atoms with Crippen molar-refractivity contribution < 1.29 is 15.0 Å². The van der Waals surface area contributed by atoms with Crippen molar-refractivity contribution in [3.05, 3.63) is 23.3 Å². The van der Waals surface area contributed by atoms with E-state index in [1.54, 1.807) is 27.3 Å². The summed E-state index contributed by atoms with van der Waals surface area (Å²) in [6, 6.07) is 1.75. The molecule has 1 aliphatic heterocycles. The molecule has 10 nitrogen and oxygen atoms in total. The molecule has 10 heteroatoms. The van der Waals surface area contributed by atoms with Gasteiger partial charge >= 0.3 is 0 Å². The number of carbonyl (C=O) groups is 1. The third-order valence-electron chi connectivity index (χ3n) is 4.15. The predicted molar refractivity (Wildman–Crippen MR) is 81.5 cm³/mol. The highest BCUT2D eigenvalue weighted by Gasteiger charge is 2.22. The SMILES string of the molecule is Cc1nnnn1CCC(=O)N1CCCn2nc(C(O)CO)cc2C1. The first-order chi connectivity index (χ1) is 11.6. The highest BCUT2D eigenvalue weighted by molar-refractivity contribution is 5.76. The summed E-state index contributed by atoms with van der Waals surface area (Å²) in [5.41, 5.74) is 1.30. The summed E-state index contributed by atoms with van der Waals surface area (Å²) in [5, 5.41) is 34.3. The number of fused-ring (bicyclic) bond motifs is 1. The summed E-state index contributed by atoms with van der Waals surface area (Å²) in [7, 11) is 0. The summed E-state index contributed by atoms with van der Waals surface area (Å²) in [4.78, 5) is 14.3. The zero-order valence-electron chi connectivity index (χ0n) is 13.5. The molecule has 130 valence electrons. The standard InChI is InChI=1S/C14H21N7O3/c1-10-15-17-18-20(10)6-3-14(24)19-4-2-5-21-11(8-19)7-12(16-21)13(23)9-22/h7,13,22-23H,2-6,8-9H2,1H3. The number of carbonyl (C=O) groups excluding carboxylic acids is 1. The van der Waals surface area contributed by atoms with Crippen LogP contribution in [0.5, 0.6) is 0 Å². The van der Waals surface area contributed by atoms with Gasteiger partial charge in [0.05, 0.1) is 31.1 Å². The Morgan fingerprint density at radius 1 is 1.42 bits per heavy atom. The second-order valence-electron chi connectivity index (χ2n) is 5.85. The minimum Gasteiger partial charge on any atom is -0.393 e. The Bertz CT molecular complexity index is 711. The summed E-state index contributed by atoms with van der Waals surface area (Å²) >= 11 is 0. The molecular formula is C14H21N7O3. The van der Waals surface area contributed by atoms with Gasteiger partial charge in [-0.1, -0.05) is 0 Å². The maximum Gasteiger partial charge on any atom is 0.224 e. The number of nitrogens with zero attached hydrogens (tertiary/aromatic N) is 7. The fraction of sp³-hybridized carbons (Fsp3) is 0.643. The Morgan fingerprint density at radius 2 is 2.25 bits per heavy atom. The summed E-state index contributed by atoms with van der Waals surface area (Å²) in [5.74, 6) is 0.711. The number of aromatic nitrogens is 6. The normalized spacial score (nSPS) is 15.9. The Kier molecular flexibility index (Phi) is 4.86. The van der Waals surface area contributed by atoms with Crippen LogP contribution >= 0.6 is 0 Å². The molecule has 0 fully saturated rings. The zero-order chi connectivity index (χ0) is 17.1. The molecule has 0 spiro atoms. The first-order valence-corrected chi connectivity index (χ1v) is 7.94. The van der Waals surface area contributed by atoms with Crippen LogP contribution in [0.15, 0.2) is 6.07 Å². The molecule has 0 saturated carbocycles. The van der Waals surface area contributed by atoms with Gasteiger partial charge in [0.1, 0.15) is 11.9 Å². The number of aliphatic hydroxyl groups excluding tert-OH is 2. The van der Waals surface area contributed by atoms with Crippen LogP contribution in [0.4, 0.5) is 0 Å². The average molecular weight is 335 g/mol. The van der Waals surface area contributed by atoms with Gasteiger partial charge in [-0.05, 0) is 29.8 Å². The molecule has 1 aliphatic rings. The molecule has 2 aromatic rings. The molecule has 0 aromatic carbocycles. The van der Waals surface area contributed by atoms with E-state index in [0.717, 1.165) is 12.1 Å². The first-order valence-electron chi connectivity index (χ1n) is 7.94. The largest absolute Gasteiger partial charge is 0.393 e. The van der Waals surface area contributed by atoms with Gasteiger partial charge in [-0.2, -0.15) is 5.10 Å². The molecule has 2 aromatic heterocycles. The highest BCUT2D eigenvalue weighted by atomic mass is 16.3. The van der Waals surface area contributed by atoms with Crippen molar-refractivity contribution in [1.82, 2.24) is 34.9 Å². The number of tetrazole rings is 1. The topological polar surface area (TPSA) is 122 Å². The third-order valence-corrected chi connectivity index (χ3v) is 4.15. The lowest BCUT2D eigenvalue weighted by Crippen LogP contribution is -2.31. The lowest BCUT2D eigenvalue weighted by Gasteiger charge is -2.20. The third kappa shape index (κ3) is 3.44. The molecule has 1 atom stereocenters. The quantitative estimate of drug-likeness (QED) is 0.720. The lowest BCUT2D eigenvalue weighted by atomic mass is 10.2. The molecule has 0 radical (unpaired) electrons. The number of amides is 1. The van der Waals surface area contributed by atoms with Crippen molar-refractivity contribution in [2.75, 3.05) is 13.2 Å². The first kappa shape index (κ1) is 16.5. The second-order valence-corrected chi connectivity index (χ2v) is 5.85. The molecule has 0 bridgehead atoms. The van der Waals surface area contributed by atoms with Crippen molar-refractivity contribution >= 4 is 5.91 Å². The number of rotatable bonds is 5. The van der Waals surface area contributed by atoms with Crippen LogP contribution in [0, 0.1) is 6.92 Å². The summed E-state index contributed by atoms with van der Waals surface area (Å²) in [6.07, 6.45) is 0.127. The minimum absolute atomic E-state index is 0.0313. The van der Waals surface area contributed by atoms with Crippen molar-refractivity contribution in [2.24, 2.45) is 0 Å². The van der Waals surface area contributed by atoms with Gasteiger partial charge in [-0.25, -0.2) is 4.68 Å². The van der Waals surface area contributed by atoms with E-state index in [-0.39, 0.29) is 12.5 Å². The van der Waals surface area contributed by atoms with E-state index < -0.39 is 6.10 Å². The monoisotopic (exact) mass is 335 g/mol. The fourth-order valence-corrected chi connectivity index (χ4v) is 2.77. The van der Waals surface area contributed by atoms with Gasteiger partial charge in [-0.3, -0.25) is 9.48 Å². The van der Waals surface area contributed by atoms with Crippen molar-refractivity contribution in [2.45, 2.75) is 45.5 Å². The Balaban J connectivity index is 1.65. The van der Waals surface area contributed by atoms with Crippen molar-refractivity contribution in [1.29, 1.82) is 0 Å². The highest BCUT2D eigenvalue weighted by Crippen LogP contribution is 2.18. The van der Waals surface area contributed by atoms with E-state index in [4.69, 9.17) is 5.11 Å².